The Balaban J connectivity index is 2.64. The van der Waals surface area contributed by atoms with Crippen LogP contribution in [0.5, 0.6) is 0 Å². The summed E-state index contributed by atoms with van der Waals surface area (Å²) in [5.74, 6) is -0.380. The first-order valence-corrected chi connectivity index (χ1v) is 2.26. The van der Waals surface area contributed by atoms with Gasteiger partial charge in [0.25, 0.3) is 5.91 Å². The Kier molecular flexibility index (Phi) is 0.932. The minimum atomic E-state index is -0.525. The number of amides is 3. The summed E-state index contributed by atoms with van der Waals surface area (Å²) < 4.78 is 0. The van der Waals surface area contributed by atoms with Gasteiger partial charge in [0.2, 0.25) is 0 Å². The highest BCUT2D eigenvalue weighted by Gasteiger charge is 2.26. The molecule has 0 spiro atoms. The Bertz CT molecular complexity index is 143. The van der Waals surface area contributed by atoms with Crippen LogP contribution in [-0.2, 0) is 4.79 Å². The number of nitrogens with zero attached hydrogens (tertiary/aromatic N) is 1. The van der Waals surface area contributed by atoms with Crippen LogP contribution < -0.4 is 10.6 Å². The van der Waals surface area contributed by atoms with Crippen LogP contribution in [0.2, 0.25) is 0 Å². The second-order valence-corrected chi connectivity index (χ2v) is 1.62. The minimum Gasteiger partial charge on any atom is -0.325 e. The lowest BCUT2D eigenvalue weighted by Crippen LogP contribution is -2.24. The molecular weight excluding hydrogens is 108 g/mol. The molecule has 1 rings (SSSR count). The molecule has 0 aromatic rings. The predicted molar refractivity (Wildman–Crippen MR) is 25.1 cm³/mol. The Hall–Kier alpha value is -1.06. The number of hydrogen-bond acceptors (Lipinski definition) is 2. The van der Waals surface area contributed by atoms with E-state index in [1.54, 1.807) is 6.92 Å². The summed E-state index contributed by atoms with van der Waals surface area (Å²) in [6.45, 7) is 1.59. The van der Waals surface area contributed by atoms with E-state index in [1.165, 1.54) is 0 Å². The smallest absolute Gasteiger partial charge is 0.325 e. The van der Waals surface area contributed by atoms with E-state index in [2.05, 4.69) is 10.6 Å². The van der Waals surface area contributed by atoms with Crippen molar-refractivity contribution < 1.29 is 9.59 Å². The highest BCUT2D eigenvalue weighted by Crippen LogP contribution is 1.90. The zero-order chi connectivity index (χ0) is 6.15. The summed E-state index contributed by atoms with van der Waals surface area (Å²) in [6.07, 6.45) is 0. The minimum absolute atomic E-state index is 0.380. The SMILES string of the molecule is CC1NC(=O)[N]C1=O. The molecule has 0 aromatic carbocycles. The number of imide groups is 1. The van der Waals surface area contributed by atoms with Gasteiger partial charge < -0.3 is 5.32 Å². The molecule has 43 valence electrons. The lowest BCUT2D eigenvalue weighted by molar-refractivity contribution is -0.120. The quantitative estimate of drug-likeness (QED) is 0.419. The van der Waals surface area contributed by atoms with Gasteiger partial charge in [0.1, 0.15) is 6.04 Å². The second kappa shape index (κ2) is 1.47. The summed E-state index contributed by atoms with van der Waals surface area (Å²) in [5, 5.41) is 5.39. The van der Waals surface area contributed by atoms with Gasteiger partial charge in [0, 0.05) is 0 Å². The summed E-state index contributed by atoms with van der Waals surface area (Å²) in [4.78, 5) is 20.5. The lowest BCUT2D eigenvalue weighted by atomic mass is 10.4. The van der Waals surface area contributed by atoms with Gasteiger partial charge in [-0.05, 0) is 6.92 Å². The molecule has 1 radical (unpaired) electrons. The Morgan fingerprint density at radius 2 is 2.25 bits per heavy atom. The summed E-state index contributed by atoms with van der Waals surface area (Å²) >= 11 is 0. The third kappa shape index (κ3) is 0.641. The molecule has 0 aromatic heterocycles. The first kappa shape index (κ1) is 5.08. The zero-order valence-corrected chi connectivity index (χ0v) is 4.34. The standard InChI is InChI=1S/C4H5N2O2/c1-2-3(7)6-4(8)5-2/h2H,1H3,(H,5,8). The predicted octanol–water partition coefficient (Wildman–Crippen LogP) is -0.771. The largest absolute Gasteiger partial charge is 0.344 e. The number of carbonyl (C=O) groups is 2. The molecule has 3 amide bonds. The van der Waals surface area contributed by atoms with Crippen molar-refractivity contribution in [3.8, 4) is 0 Å². The van der Waals surface area contributed by atoms with E-state index in [0.717, 1.165) is 0 Å². The number of hydrogen-bond donors (Lipinski definition) is 1. The second-order valence-electron chi connectivity index (χ2n) is 1.62. The first-order chi connectivity index (χ1) is 3.70. The molecule has 1 saturated heterocycles. The maximum Gasteiger partial charge on any atom is 0.344 e. The van der Waals surface area contributed by atoms with Gasteiger partial charge in [-0.25, -0.2) is 4.79 Å². The van der Waals surface area contributed by atoms with Crippen molar-refractivity contribution in [3.63, 3.8) is 0 Å². The molecule has 1 fully saturated rings. The molecule has 1 N–H and O–H groups in total. The molecule has 0 saturated carbocycles. The van der Waals surface area contributed by atoms with E-state index >= 15 is 0 Å². The molecule has 4 heteroatoms. The van der Waals surface area contributed by atoms with E-state index in [0.29, 0.717) is 0 Å². The van der Waals surface area contributed by atoms with Crippen LogP contribution in [0.25, 0.3) is 0 Å². The third-order valence-electron chi connectivity index (χ3n) is 0.922. The van der Waals surface area contributed by atoms with Gasteiger partial charge in [-0.15, -0.1) is 0 Å². The molecular formula is C4H5N2O2. The molecule has 1 unspecified atom stereocenters. The van der Waals surface area contributed by atoms with E-state index < -0.39 is 12.1 Å². The summed E-state index contributed by atoms with van der Waals surface area (Å²) in [7, 11) is 0. The van der Waals surface area contributed by atoms with Gasteiger partial charge in [0.15, 0.2) is 0 Å². The summed E-state index contributed by atoms with van der Waals surface area (Å²) in [6, 6.07) is -0.940. The Morgan fingerprint density at radius 1 is 1.62 bits per heavy atom. The van der Waals surface area contributed by atoms with E-state index in [1.807, 2.05) is 0 Å². The Labute approximate surface area is 46.3 Å². The fourth-order valence-electron chi connectivity index (χ4n) is 0.476. The van der Waals surface area contributed by atoms with Crippen LogP contribution in [-0.4, -0.2) is 18.0 Å². The van der Waals surface area contributed by atoms with Crippen LogP contribution in [0.15, 0.2) is 0 Å². The highest BCUT2D eigenvalue weighted by molar-refractivity contribution is 6.03. The van der Waals surface area contributed by atoms with E-state index in [-0.39, 0.29) is 5.91 Å². The topological polar surface area (TPSA) is 60.3 Å². The molecule has 1 aliphatic heterocycles. The van der Waals surface area contributed by atoms with Crippen molar-refractivity contribution in [1.29, 1.82) is 0 Å². The van der Waals surface area contributed by atoms with Crippen molar-refractivity contribution >= 4 is 11.9 Å². The molecule has 1 aliphatic rings. The maximum atomic E-state index is 10.3. The van der Waals surface area contributed by atoms with Crippen molar-refractivity contribution in [2.45, 2.75) is 13.0 Å². The molecule has 1 heterocycles. The van der Waals surface area contributed by atoms with Gasteiger partial charge in [-0.1, -0.05) is 0 Å². The third-order valence-corrected chi connectivity index (χ3v) is 0.922. The molecule has 8 heavy (non-hydrogen) atoms. The summed E-state index contributed by atoms with van der Waals surface area (Å²) in [5.41, 5.74) is 0. The van der Waals surface area contributed by atoms with Crippen molar-refractivity contribution in [1.82, 2.24) is 10.6 Å². The number of urea groups is 1. The van der Waals surface area contributed by atoms with Crippen LogP contribution in [0.4, 0.5) is 4.79 Å². The van der Waals surface area contributed by atoms with Crippen LogP contribution in [0.3, 0.4) is 0 Å². The first-order valence-electron chi connectivity index (χ1n) is 2.26. The molecule has 0 bridgehead atoms. The molecule has 1 atom stereocenters. The van der Waals surface area contributed by atoms with E-state index in [9.17, 15) is 9.59 Å². The maximum absolute atomic E-state index is 10.3. The van der Waals surface area contributed by atoms with Crippen molar-refractivity contribution in [2.24, 2.45) is 0 Å². The fraction of sp³-hybridized carbons (Fsp3) is 0.500. The normalized spacial score (nSPS) is 27.4. The zero-order valence-electron chi connectivity index (χ0n) is 4.34. The number of carbonyl (C=O) groups excluding carboxylic acids is 2. The number of nitrogens with one attached hydrogen (secondary N) is 1. The van der Waals surface area contributed by atoms with Crippen molar-refractivity contribution in [2.75, 3.05) is 0 Å². The van der Waals surface area contributed by atoms with Crippen LogP contribution >= 0.6 is 0 Å². The highest BCUT2D eigenvalue weighted by atomic mass is 16.2. The van der Waals surface area contributed by atoms with Crippen LogP contribution in [0.1, 0.15) is 6.92 Å². The van der Waals surface area contributed by atoms with Crippen LogP contribution in [0, 0.1) is 0 Å². The van der Waals surface area contributed by atoms with Crippen molar-refractivity contribution in [3.05, 3.63) is 0 Å². The monoisotopic (exact) mass is 113 g/mol. The van der Waals surface area contributed by atoms with E-state index in [4.69, 9.17) is 0 Å². The van der Waals surface area contributed by atoms with Gasteiger partial charge >= 0.3 is 6.03 Å². The molecule has 4 nitrogen and oxygen atoms in total. The van der Waals surface area contributed by atoms with Gasteiger partial charge in [-0.2, -0.15) is 5.32 Å². The fourth-order valence-corrected chi connectivity index (χ4v) is 0.476. The number of rotatable bonds is 0. The van der Waals surface area contributed by atoms with Gasteiger partial charge in [-0.3, -0.25) is 4.79 Å². The average Bonchev–Trinajstić information content (AvgIpc) is 1.85. The van der Waals surface area contributed by atoms with Gasteiger partial charge in [0.05, 0.1) is 0 Å². The molecule has 0 aliphatic carbocycles. The average molecular weight is 113 g/mol. The lowest BCUT2D eigenvalue weighted by Gasteiger charge is -1.90. The Morgan fingerprint density at radius 3 is 2.38 bits per heavy atom.